The standard InChI is InChI=1S/C13H15F2NO4.ClH/c1-12(2,11(17)18-3)10(16)7-5-4-6-8-9(7)20-13(14,15)19-8;/h4-6,10H,16H2,1-3H3;1H/t10-;/m0./s1. The number of para-hydroxylation sites is 1. The van der Waals surface area contributed by atoms with E-state index in [0.717, 1.165) is 0 Å². The molecular weight excluding hydrogens is 308 g/mol. The lowest BCUT2D eigenvalue weighted by Gasteiger charge is -2.29. The number of carbonyl (C=O) groups excluding carboxylic acids is 1. The Morgan fingerprint density at radius 1 is 1.38 bits per heavy atom. The highest BCUT2D eigenvalue weighted by Gasteiger charge is 2.47. The van der Waals surface area contributed by atoms with E-state index in [1.807, 2.05) is 0 Å². The molecule has 0 bridgehead atoms. The number of benzene rings is 1. The quantitative estimate of drug-likeness (QED) is 0.866. The van der Waals surface area contributed by atoms with Crippen molar-refractivity contribution in [3.8, 4) is 11.5 Å². The zero-order chi connectivity index (χ0) is 15.1. The van der Waals surface area contributed by atoms with Crippen molar-refractivity contribution in [1.82, 2.24) is 0 Å². The molecule has 1 atom stereocenters. The average Bonchev–Trinajstić information content (AvgIpc) is 2.70. The van der Waals surface area contributed by atoms with Gasteiger partial charge in [-0.2, -0.15) is 0 Å². The first-order valence-electron chi connectivity index (χ1n) is 5.92. The fraction of sp³-hybridized carbons (Fsp3) is 0.462. The second kappa shape index (κ2) is 5.65. The lowest BCUT2D eigenvalue weighted by molar-refractivity contribution is -0.287. The van der Waals surface area contributed by atoms with E-state index in [4.69, 9.17) is 5.73 Å². The Morgan fingerprint density at radius 2 is 2.00 bits per heavy atom. The molecule has 0 unspecified atom stereocenters. The van der Waals surface area contributed by atoms with Gasteiger partial charge in [-0.3, -0.25) is 4.79 Å². The number of carbonyl (C=O) groups is 1. The van der Waals surface area contributed by atoms with Gasteiger partial charge in [0.05, 0.1) is 12.5 Å². The predicted octanol–water partition coefficient (Wildman–Crippen LogP) is 2.63. The number of rotatable bonds is 3. The summed E-state index contributed by atoms with van der Waals surface area (Å²) in [4.78, 5) is 11.8. The minimum atomic E-state index is -3.73. The van der Waals surface area contributed by atoms with Crippen LogP contribution in [0, 0.1) is 5.41 Å². The van der Waals surface area contributed by atoms with Crippen molar-refractivity contribution >= 4 is 18.4 Å². The van der Waals surface area contributed by atoms with Gasteiger partial charge in [0.15, 0.2) is 11.5 Å². The third-order valence-corrected chi connectivity index (χ3v) is 3.28. The van der Waals surface area contributed by atoms with Gasteiger partial charge in [-0.25, -0.2) is 0 Å². The van der Waals surface area contributed by atoms with Crippen LogP contribution in [0.4, 0.5) is 8.78 Å². The van der Waals surface area contributed by atoms with Crippen LogP contribution in [0.15, 0.2) is 18.2 Å². The van der Waals surface area contributed by atoms with Gasteiger partial charge in [0.1, 0.15) is 0 Å². The second-order valence-corrected chi connectivity index (χ2v) is 5.03. The van der Waals surface area contributed by atoms with E-state index < -0.39 is 23.7 Å². The maximum absolute atomic E-state index is 13.1. The van der Waals surface area contributed by atoms with Crippen molar-refractivity contribution in [2.24, 2.45) is 11.1 Å². The number of methoxy groups -OCH3 is 1. The van der Waals surface area contributed by atoms with Crippen LogP contribution < -0.4 is 15.2 Å². The Balaban J connectivity index is 0.00000220. The number of ether oxygens (including phenoxy) is 3. The molecule has 1 aromatic carbocycles. The van der Waals surface area contributed by atoms with Crippen LogP contribution in [0.3, 0.4) is 0 Å². The monoisotopic (exact) mass is 323 g/mol. The highest BCUT2D eigenvalue weighted by molar-refractivity contribution is 5.85. The van der Waals surface area contributed by atoms with Gasteiger partial charge in [0.25, 0.3) is 0 Å². The molecule has 118 valence electrons. The number of alkyl halides is 2. The first-order valence-corrected chi connectivity index (χ1v) is 5.92. The van der Waals surface area contributed by atoms with E-state index in [1.165, 1.54) is 25.3 Å². The molecule has 0 fully saturated rings. The molecule has 21 heavy (non-hydrogen) atoms. The van der Waals surface area contributed by atoms with E-state index in [0.29, 0.717) is 0 Å². The maximum Gasteiger partial charge on any atom is 0.586 e. The summed E-state index contributed by atoms with van der Waals surface area (Å²) in [6.07, 6.45) is -3.73. The summed E-state index contributed by atoms with van der Waals surface area (Å²) in [5, 5.41) is 0. The first kappa shape index (κ1) is 17.5. The molecule has 2 rings (SSSR count). The Hall–Kier alpha value is -1.60. The normalized spacial score (nSPS) is 16.9. The molecule has 0 spiro atoms. The summed E-state index contributed by atoms with van der Waals surface area (Å²) in [7, 11) is 1.24. The van der Waals surface area contributed by atoms with Crippen molar-refractivity contribution < 1.29 is 27.8 Å². The van der Waals surface area contributed by atoms with Crippen LogP contribution in [0.1, 0.15) is 25.5 Å². The summed E-state index contributed by atoms with van der Waals surface area (Å²) >= 11 is 0. The molecule has 0 radical (unpaired) electrons. The summed E-state index contributed by atoms with van der Waals surface area (Å²) in [5.74, 6) is -0.807. The molecule has 0 aromatic heterocycles. The molecule has 1 heterocycles. The smallest absolute Gasteiger partial charge is 0.469 e. The van der Waals surface area contributed by atoms with Gasteiger partial charge in [-0.05, 0) is 19.9 Å². The SMILES string of the molecule is COC(=O)C(C)(C)[C@@H](N)c1cccc2c1OC(F)(F)O2.Cl. The van der Waals surface area contributed by atoms with Crippen LogP contribution in [0.2, 0.25) is 0 Å². The minimum Gasteiger partial charge on any atom is -0.469 e. The highest BCUT2D eigenvalue weighted by Crippen LogP contribution is 2.47. The van der Waals surface area contributed by atoms with Gasteiger partial charge >= 0.3 is 12.3 Å². The Morgan fingerprint density at radius 3 is 2.57 bits per heavy atom. The number of nitrogens with two attached hydrogens (primary N) is 1. The third-order valence-electron chi connectivity index (χ3n) is 3.28. The van der Waals surface area contributed by atoms with Gasteiger partial charge in [-0.15, -0.1) is 21.2 Å². The molecule has 8 heteroatoms. The minimum absolute atomic E-state index is 0. The van der Waals surface area contributed by atoms with E-state index in [9.17, 15) is 13.6 Å². The van der Waals surface area contributed by atoms with Gasteiger partial charge in [0.2, 0.25) is 0 Å². The van der Waals surface area contributed by atoms with Gasteiger partial charge in [-0.1, -0.05) is 12.1 Å². The molecule has 0 saturated heterocycles. The topological polar surface area (TPSA) is 70.8 Å². The number of esters is 1. The van der Waals surface area contributed by atoms with Crippen LogP contribution in [-0.2, 0) is 9.53 Å². The number of fused-ring (bicyclic) bond motifs is 1. The van der Waals surface area contributed by atoms with Crippen molar-refractivity contribution in [3.05, 3.63) is 23.8 Å². The summed E-state index contributed by atoms with van der Waals surface area (Å²) in [6.45, 7) is 3.13. The van der Waals surface area contributed by atoms with Crippen LogP contribution in [0.5, 0.6) is 11.5 Å². The van der Waals surface area contributed by atoms with E-state index in [-0.39, 0.29) is 29.5 Å². The molecule has 2 N–H and O–H groups in total. The fourth-order valence-electron chi connectivity index (χ4n) is 2.01. The maximum atomic E-state index is 13.1. The molecule has 1 aliphatic rings. The van der Waals surface area contributed by atoms with Crippen molar-refractivity contribution in [2.45, 2.75) is 26.2 Å². The Bertz CT molecular complexity index is 551. The van der Waals surface area contributed by atoms with Crippen LogP contribution >= 0.6 is 12.4 Å². The van der Waals surface area contributed by atoms with E-state index >= 15 is 0 Å². The van der Waals surface area contributed by atoms with Gasteiger partial charge < -0.3 is 19.9 Å². The molecule has 1 aromatic rings. The number of halogens is 3. The lowest BCUT2D eigenvalue weighted by Crippen LogP contribution is -2.37. The summed E-state index contributed by atoms with van der Waals surface area (Å²) < 4.78 is 39.8. The molecule has 1 aliphatic heterocycles. The molecule has 0 amide bonds. The van der Waals surface area contributed by atoms with Crippen molar-refractivity contribution in [2.75, 3.05) is 7.11 Å². The second-order valence-electron chi connectivity index (χ2n) is 5.03. The fourth-order valence-corrected chi connectivity index (χ4v) is 2.01. The Kier molecular flexibility index (Phi) is 4.70. The molecular formula is C13H16ClF2NO4. The third kappa shape index (κ3) is 3.03. The zero-order valence-electron chi connectivity index (χ0n) is 11.7. The summed E-state index contributed by atoms with van der Waals surface area (Å²) in [6, 6.07) is 3.48. The number of hydrogen-bond donors (Lipinski definition) is 1. The zero-order valence-corrected chi connectivity index (χ0v) is 12.5. The first-order chi connectivity index (χ1) is 9.19. The highest BCUT2D eigenvalue weighted by atomic mass is 35.5. The molecule has 0 saturated carbocycles. The largest absolute Gasteiger partial charge is 0.586 e. The predicted molar refractivity (Wildman–Crippen MR) is 72.6 cm³/mol. The Labute approximate surface area is 126 Å². The number of hydrogen-bond acceptors (Lipinski definition) is 5. The van der Waals surface area contributed by atoms with E-state index in [1.54, 1.807) is 13.8 Å². The van der Waals surface area contributed by atoms with Crippen LogP contribution in [-0.4, -0.2) is 19.4 Å². The van der Waals surface area contributed by atoms with Crippen molar-refractivity contribution in [1.29, 1.82) is 0 Å². The van der Waals surface area contributed by atoms with E-state index in [2.05, 4.69) is 14.2 Å². The van der Waals surface area contributed by atoms with Crippen molar-refractivity contribution in [3.63, 3.8) is 0 Å². The molecule has 5 nitrogen and oxygen atoms in total. The summed E-state index contributed by atoms with van der Waals surface area (Å²) in [5.41, 5.74) is 5.18. The van der Waals surface area contributed by atoms with Gasteiger partial charge in [0, 0.05) is 11.6 Å². The van der Waals surface area contributed by atoms with Crippen LogP contribution in [0.25, 0.3) is 0 Å². The molecule has 0 aliphatic carbocycles. The average molecular weight is 324 g/mol. The lowest BCUT2D eigenvalue weighted by atomic mass is 9.80.